The highest BCUT2D eigenvalue weighted by Gasteiger charge is 2.25. The number of amides is 1. The van der Waals surface area contributed by atoms with E-state index in [1.807, 2.05) is 34.5 Å². The average Bonchev–Trinajstić information content (AvgIpc) is 3.21. The first-order chi connectivity index (χ1) is 13.2. The van der Waals surface area contributed by atoms with E-state index >= 15 is 0 Å². The minimum absolute atomic E-state index is 0.105. The number of carbonyl (C=O) groups excluding carboxylic acids is 1. The van der Waals surface area contributed by atoms with Crippen LogP contribution in [0.4, 0.5) is 5.69 Å². The van der Waals surface area contributed by atoms with Gasteiger partial charge in [0.2, 0.25) is 5.91 Å². The number of piperazine rings is 1. The molecule has 2 aromatic rings. The van der Waals surface area contributed by atoms with E-state index in [9.17, 15) is 4.79 Å². The molecule has 0 radical (unpaired) electrons. The first-order valence-corrected chi connectivity index (χ1v) is 10.3. The predicted octanol–water partition coefficient (Wildman–Crippen LogP) is 2.35. The van der Waals surface area contributed by atoms with Crippen molar-refractivity contribution in [3.05, 3.63) is 40.6 Å². The average molecular weight is 388 g/mol. The van der Waals surface area contributed by atoms with Crippen LogP contribution in [0.2, 0.25) is 0 Å². The Morgan fingerprint density at radius 2 is 2.15 bits per heavy atom. The fourth-order valence-electron chi connectivity index (χ4n) is 3.46. The number of thiophene rings is 1. The minimum atomic E-state index is 0.105. The number of benzene rings is 1. The number of ether oxygens (including phenoxy) is 2. The summed E-state index contributed by atoms with van der Waals surface area (Å²) in [4.78, 5) is 18.5. The van der Waals surface area contributed by atoms with Crippen LogP contribution in [0.25, 0.3) is 0 Å². The monoisotopic (exact) mass is 387 g/mol. The van der Waals surface area contributed by atoms with Crippen molar-refractivity contribution in [3.8, 4) is 11.5 Å². The topological polar surface area (TPSA) is 54.0 Å². The number of hydrogen-bond donors (Lipinski definition) is 1. The van der Waals surface area contributed by atoms with Gasteiger partial charge in [-0.2, -0.15) is 0 Å². The Bertz CT molecular complexity index is 781. The van der Waals surface area contributed by atoms with Crippen LogP contribution in [0.15, 0.2) is 35.7 Å². The molecule has 1 aromatic carbocycles. The number of nitrogens with one attached hydrogen (secondary N) is 1. The van der Waals surface area contributed by atoms with E-state index in [1.54, 1.807) is 11.3 Å². The molecular weight excluding hydrogens is 362 g/mol. The highest BCUT2D eigenvalue weighted by Crippen LogP contribution is 2.34. The van der Waals surface area contributed by atoms with E-state index in [-0.39, 0.29) is 5.91 Å². The third-order valence-corrected chi connectivity index (χ3v) is 5.87. The summed E-state index contributed by atoms with van der Waals surface area (Å²) in [5, 5.41) is 5.42. The van der Waals surface area contributed by atoms with Gasteiger partial charge >= 0.3 is 0 Å². The zero-order chi connectivity index (χ0) is 18.6. The summed E-state index contributed by atoms with van der Waals surface area (Å²) in [7, 11) is 0. The number of carbonyl (C=O) groups is 1. The van der Waals surface area contributed by atoms with Crippen molar-refractivity contribution in [2.75, 3.05) is 44.3 Å². The van der Waals surface area contributed by atoms with Gasteiger partial charge in [0.05, 0.1) is 13.1 Å². The molecule has 0 spiro atoms. The van der Waals surface area contributed by atoms with Crippen molar-refractivity contribution in [2.45, 2.75) is 19.5 Å². The first-order valence-electron chi connectivity index (χ1n) is 9.38. The summed E-state index contributed by atoms with van der Waals surface area (Å²) < 4.78 is 11.3. The van der Waals surface area contributed by atoms with Gasteiger partial charge < -0.3 is 19.7 Å². The Balaban J connectivity index is 1.57. The molecule has 27 heavy (non-hydrogen) atoms. The zero-order valence-electron chi connectivity index (χ0n) is 15.5. The Hall–Kier alpha value is -2.09. The van der Waals surface area contributed by atoms with E-state index in [0.717, 1.165) is 35.9 Å². The second-order valence-corrected chi connectivity index (χ2v) is 7.94. The minimum Gasteiger partial charge on any atom is -0.486 e. The molecule has 6 nitrogen and oxygen atoms in total. The van der Waals surface area contributed by atoms with Crippen molar-refractivity contribution in [3.63, 3.8) is 0 Å². The van der Waals surface area contributed by atoms with Crippen LogP contribution in [0, 0.1) is 0 Å². The van der Waals surface area contributed by atoms with Gasteiger partial charge in [-0.15, -0.1) is 11.3 Å². The smallest absolute Gasteiger partial charge is 0.241 e. The fourth-order valence-corrected chi connectivity index (χ4v) is 4.15. The van der Waals surface area contributed by atoms with E-state index in [2.05, 4.69) is 23.2 Å². The number of fused-ring (bicyclic) bond motifs is 1. The molecule has 1 aromatic heterocycles. The molecule has 0 saturated carbocycles. The molecule has 1 N–H and O–H groups in total. The summed E-state index contributed by atoms with van der Waals surface area (Å²) in [5.41, 5.74) is 0.848. The van der Waals surface area contributed by atoms with Crippen LogP contribution in [-0.2, 0) is 11.3 Å². The molecule has 1 saturated heterocycles. The van der Waals surface area contributed by atoms with Gasteiger partial charge in [-0.3, -0.25) is 9.69 Å². The quantitative estimate of drug-likeness (QED) is 0.854. The molecule has 2 aliphatic heterocycles. The van der Waals surface area contributed by atoms with Gasteiger partial charge in [-0.1, -0.05) is 6.07 Å². The molecule has 0 aliphatic carbocycles. The molecular formula is C20H25N3O3S. The molecule has 1 fully saturated rings. The summed E-state index contributed by atoms with van der Waals surface area (Å²) >= 11 is 1.67. The van der Waals surface area contributed by atoms with E-state index < -0.39 is 0 Å². The normalized spacial score (nSPS) is 19.7. The zero-order valence-corrected chi connectivity index (χ0v) is 16.3. The van der Waals surface area contributed by atoms with Gasteiger partial charge in [0.1, 0.15) is 13.2 Å². The van der Waals surface area contributed by atoms with Gasteiger partial charge in [-0.25, -0.2) is 0 Å². The van der Waals surface area contributed by atoms with Crippen LogP contribution in [0.1, 0.15) is 11.8 Å². The summed E-state index contributed by atoms with van der Waals surface area (Å²) in [6.07, 6.45) is 0. The lowest BCUT2D eigenvalue weighted by molar-refractivity contribution is -0.120. The Morgan fingerprint density at radius 3 is 2.93 bits per heavy atom. The maximum Gasteiger partial charge on any atom is 0.241 e. The third kappa shape index (κ3) is 4.26. The Morgan fingerprint density at radius 1 is 1.30 bits per heavy atom. The maximum absolute atomic E-state index is 13.2. The number of anilines is 1. The second-order valence-electron chi connectivity index (χ2n) is 6.91. The largest absolute Gasteiger partial charge is 0.486 e. The molecule has 0 bridgehead atoms. The highest BCUT2D eigenvalue weighted by atomic mass is 32.1. The Labute approximate surface area is 163 Å². The van der Waals surface area contributed by atoms with Crippen LogP contribution in [-0.4, -0.2) is 56.2 Å². The van der Waals surface area contributed by atoms with Gasteiger partial charge in [-0.05, 0) is 30.5 Å². The molecule has 144 valence electrons. The van der Waals surface area contributed by atoms with Crippen LogP contribution >= 0.6 is 11.3 Å². The first kappa shape index (κ1) is 18.3. The van der Waals surface area contributed by atoms with Gasteiger partial charge in [0.15, 0.2) is 11.5 Å². The predicted molar refractivity (Wildman–Crippen MR) is 107 cm³/mol. The number of nitrogens with zero attached hydrogens (tertiary/aromatic N) is 2. The lowest BCUT2D eigenvalue weighted by Gasteiger charge is -2.35. The molecule has 7 heteroatoms. The van der Waals surface area contributed by atoms with Crippen molar-refractivity contribution in [1.29, 1.82) is 0 Å². The van der Waals surface area contributed by atoms with Crippen LogP contribution < -0.4 is 19.7 Å². The maximum atomic E-state index is 13.2. The standard InChI is InChI=1S/C20H25N3O3S/c1-15-12-21-6-7-22(15)14-20(24)23(13-17-3-2-10-27-17)16-4-5-18-19(11-16)26-9-8-25-18/h2-5,10-11,15,21H,6-9,12-14H2,1H3/t15-/m0/s1. The fraction of sp³-hybridized carbons (Fsp3) is 0.450. The van der Waals surface area contributed by atoms with Crippen LogP contribution in [0.3, 0.4) is 0 Å². The molecule has 2 aliphatic rings. The number of rotatable bonds is 5. The second kappa shape index (κ2) is 8.29. The summed E-state index contributed by atoms with van der Waals surface area (Å²) in [6, 6.07) is 10.2. The van der Waals surface area contributed by atoms with Crippen molar-refractivity contribution >= 4 is 22.9 Å². The van der Waals surface area contributed by atoms with E-state index in [0.29, 0.717) is 38.1 Å². The third-order valence-electron chi connectivity index (χ3n) is 5.01. The summed E-state index contributed by atoms with van der Waals surface area (Å²) in [6.45, 7) is 6.97. The molecule has 0 unspecified atom stereocenters. The molecule has 4 rings (SSSR count). The highest BCUT2D eigenvalue weighted by molar-refractivity contribution is 7.09. The number of hydrogen-bond acceptors (Lipinski definition) is 6. The van der Waals surface area contributed by atoms with Gasteiger partial charge in [0, 0.05) is 42.3 Å². The SMILES string of the molecule is C[C@H]1CNCCN1CC(=O)N(Cc1cccs1)c1ccc2c(c1)OCCO2. The van der Waals surface area contributed by atoms with Crippen molar-refractivity contribution < 1.29 is 14.3 Å². The Kier molecular flexibility index (Phi) is 5.61. The van der Waals surface area contributed by atoms with Crippen molar-refractivity contribution in [1.82, 2.24) is 10.2 Å². The molecule has 3 heterocycles. The lowest BCUT2D eigenvalue weighted by Crippen LogP contribution is -2.53. The van der Waals surface area contributed by atoms with E-state index in [4.69, 9.17) is 9.47 Å². The van der Waals surface area contributed by atoms with Crippen molar-refractivity contribution in [2.24, 2.45) is 0 Å². The van der Waals surface area contributed by atoms with Gasteiger partial charge in [0.25, 0.3) is 0 Å². The van der Waals surface area contributed by atoms with Crippen LogP contribution in [0.5, 0.6) is 11.5 Å². The van der Waals surface area contributed by atoms with E-state index in [1.165, 1.54) is 0 Å². The lowest BCUT2D eigenvalue weighted by atomic mass is 10.2. The molecule has 1 amide bonds. The summed E-state index contributed by atoms with van der Waals surface area (Å²) in [5.74, 6) is 1.55. The molecule has 1 atom stereocenters.